The summed E-state index contributed by atoms with van der Waals surface area (Å²) in [5.74, 6) is 0.0746. The van der Waals surface area contributed by atoms with Crippen LogP contribution in [0.2, 0.25) is 0 Å². The molecule has 1 amide bonds. The summed E-state index contributed by atoms with van der Waals surface area (Å²) < 4.78 is 5.21. The van der Waals surface area contributed by atoms with Crippen molar-refractivity contribution in [1.82, 2.24) is 5.32 Å². The highest BCUT2D eigenvalue weighted by Gasteiger charge is 1.98. The van der Waals surface area contributed by atoms with Crippen molar-refractivity contribution in [2.45, 2.75) is 33.1 Å². The highest BCUT2D eigenvalue weighted by Crippen LogP contribution is 1.86. The van der Waals surface area contributed by atoms with Crippen molar-refractivity contribution in [2.75, 3.05) is 19.8 Å². The minimum Gasteiger partial charge on any atom is -0.381 e. The molecule has 3 heteroatoms. The minimum absolute atomic E-state index is 0.0746. The van der Waals surface area contributed by atoms with Gasteiger partial charge in [0.15, 0.2) is 0 Å². The van der Waals surface area contributed by atoms with Gasteiger partial charge >= 0.3 is 0 Å². The van der Waals surface area contributed by atoms with E-state index in [2.05, 4.69) is 12.2 Å². The summed E-state index contributed by atoms with van der Waals surface area (Å²) in [6, 6.07) is 0. The van der Waals surface area contributed by atoms with Gasteiger partial charge in [0, 0.05) is 19.6 Å². The fourth-order valence-electron chi connectivity index (χ4n) is 0.961. The first kappa shape index (κ1) is 13.2. The highest BCUT2D eigenvalue weighted by molar-refractivity contribution is 5.75. The maximum Gasteiger partial charge on any atom is 0.222 e. The molecule has 0 aromatic rings. The van der Waals surface area contributed by atoms with E-state index in [0.717, 1.165) is 26.0 Å². The summed E-state index contributed by atoms with van der Waals surface area (Å²) in [6.45, 7) is 6.02. The fraction of sp³-hybridized carbons (Fsp3) is 0.727. The standard InChI is InChI=1S/C11H21NO2/c1-3-5-6-8-12-11(13)7-10-14-9-4-2/h3,5H,4,6-10H2,1-2H3,(H,12,13)/b5-3+. The monoisotopic (exact) mass is 199 g/mol. The number of hydrogen-bond acceptors (Lipinski definition) is 2. The van der Waals surface area contributed by atoms with E-state index >= 15 is 0 Å². The van der Waals surface area contributed by atoms with Crippen LogP contribution in [-0.4, -0.2) is 25.7 Å². The molecule has 0 unspecified atom stereocenters. The Morgan fingerprint density at radius 1 is 1.43 bits per heavy atom. The summed E-state index contributed by atoms with van der Waals surface area (Å²) in [5.41, 5.74) is 0. The maximum atomic E-state index is 11.2. The Hall–Kier alpha value is -0.830. The van der Waals surface area contributed by atoms with Gasteiger partial charge in [-0.3, -0.25) is 4.79 Å². The van der Waals surface area contributed by atoms with Gasteiger partial charge in [-0.2, -0.15) is 0 Å². The predicted octanol–water partition coefficient (Wildman–Crippen LogP) is 1.89. The van der Waals surface area contributed by atoms with Crippen LogP contribution in [0.1, 0.15) is 33.1 Å². The van der Waals surface area contributed by atoms with Gasteiger partial charge in [0.2, 0.25) is 5.91 Å². The summed E-state index contributed by atoms with van der Waals surface area (Å²) in [6.07, 6.45) is 6.39. The Morgan fingerprint density at radius 3 is 2.86 bits per heavy atom. The molecule has 0 rings (SSSR count). The lowest BCUT2D eigenvalue weighted by Crippen LogP contribution is -2.25. The molecule has 14 heavy (non-hydrogen) atoms. The summed E-state index contributed by atoms with van der Waals surface area (Å²) in [7, 11) is 0. The van der Waals surface area contributed by atoms with Crippen LogP contribution in [0.25, 0.3) is 0 Å². The molecule has 0 aromatic heterocycles. The topological polar surface area (TPSA) is 38.3 Å². The number of carbonyl (C=O) groups excluding carboxylic acids is 1. The van der Waals surface area contributed by atoms with Crippen LogP contribution in [-0.2, 0) is 9.53 Å². The van der Waals surface area contributed by atoms with Crippen LogP contribution in [0.3, 0.4) is 0 Å². The molecular formula is C11H21NO2. The van der Waals surface area contributed by atoms with Crippen LogP contribution in [0, 0.1) is 0 Å². The van der Waals surface area contributed by atoms with Gasteiger partial charge in [-0.15, -0.1) is 0 Å². The second-order valence-electron chi connectivity index (χ2n) is 3.07. The summed E-state index contributed by atoms with van der Waals surface area (Å²) >= 11 is 0. The third-order valence-corrected chi connectivity index (χ3v) is 1.69. The van der Waals surface area contributed by atoms with E-state index in [4.69, 9.17) is 4.74 Å². The van der Waals surface area contributed by atoms with Gasteiger partial charge in [0.1, 0.15) is 0 Å². The molecule has 0 saturated heterocycles. The molecule has 0 fully saturated rings. The normalized spacial score (nSPS) is 10.7. The molecule has 0 heterocycles. The Bertz CT molecular complexity index is 167. The van der Waals surface area contributed by atoms with Gasteiger partial charge in [-0.1, -0.05) is 19.1 Å². The van der Waals surface area contributed by atoms with E-state index < -0.39 is 0 Å². The third kappa shape index (κ3) is 9.26. The largest absolute Gasteiger partial charge is 0.381 e. The smallest absolute Gasteiger partial charge is 0.222 e. The number of ether oxygens (including phenoxy) is 1. The predicted molar refractivity (Wildman–Crippen MR) is 58.2 cm³/mol. The summed E-state index contributed by atoms with van der Waals surface area (Å²) in [5, 5.41) is 2.82. The number of rotatable bonds is 8. The van der Waals surface area contributed by atoms with E-state index in [0.29, 0.717) is 13.0 Å². The van der Waals surface area contributed by atoms with E-state index in [-0.39, 0.29) is 5.91 Å². The average molecular weight is 199 g/mol. The molecule has 0 saturated carbocycles. The first-order valence-electron chi connectivity index (χ1n) is 5.26. The van der Waals surface area contributed by atoms with E-state index in [9.17, 15) is 4.79 Å². The van der Waals surface area contributed by atoms with Crippen LogP contribution in [0.4, 0.5) is 0 Å². The maximum absolute atomic E-state index is 11.2. The number of nitrogens with one attached hydrogen (secondary N) is 1. The van der Waals surface area contributed by atoms with E-state index in [1.165, 1.54) is 0 Å². The third-order valence-electron chi connectivity index (χ3n) is 1.69. The molecule has 0 spiro atoms. The molecule has 0 atom stereocenters. The van der Waals surface area contributed by atoms with Gasteiger partial charge in [0.05, 0.1) is 6.61 Å². The van der Waals surface area contributed by atoms with Crippen molar-refractivity contribution in [1.29, 1.82) is 0 Å². The van der Waals surface area contributed by atoms with Gasteiger partial charge in [-0.25, -0.2) is 0 Å². The SMILES string of the molecule is C/C=C/CCNC(=O)CCOCCC. The number of amides is 1. The Balaban J connectivity index is 3.19. The van der Waals surface area contributed by atoms with Crippen molar-refractivity contribution in [3.63, 3.8) is 0 Å². The van der Waals surface area contributed by atoms with E-state index in [1.54, 1.807) is 0 Å². The Morgan fingerprint density at radius 2 is 2.21 bits per heavy atom. The zero-order valence-electron chi connectivity index (χ0n) is 9.21. The zero-order valence-corrected chi connectivity index (χ0v) is 9.21. The second-order valence-corrected chi connectivity index (χ2v) is 3.07. The van der Waals surface area contributed by atoms with Crippen molar-refractivity contribution in [3.8, 4) is 0 Å². The van der Waals surface area contributed by atoms with Crippen molar-refractivity contribution < 1.29 is 9.53 Å². The molecule has 0 radical (unpaired) electrons. The van der Waals surface area contributed by atoms with Crippen molar-refractivity contribution in [2.24, 2.45) is 0 Å². The molecule has 1 N–H and O–H groups in total. The molecule has 82 valence electrons. The average Bonchev–Trinajstić information content (AvgIpc) is 2.19. The molecule has 0 bridgehead atoms. The lowest BCUT2D eigenvalue weighted by atomic mass is 10.3. The lowest BCUT2D eigenvalue weighted by molar-refractivity contribution is -0.122. The van der Waals surface area contributed by atoms with Crippen LogP contribution < -0.4 is 5.32 Å². The quantitative estimate of drug-likeness (QED) is 0.479. The minimum atomic E-state index is 0.0746. The first-order valence-corrected chi connectivity index (χ1v) is 5.26. The molecule has 3 nitrogen and oxygen atoms in total. The lowest BCUT2D eigenvalue weighted by Gasteiger charge is -2.03. The summed E-state index contributed by atoms with van der Waals surface area (Å²) in [4.78, 5) is 11.2. The second kappa shape index (κ2) is 10.3. The molecule has 0 aliphatic carbocycles. The zero-order chi connectivity index (χ0) is 10.6. The van der Waals surface area contributed by atoms with Crippen LogP contribution in [0.15, 0.2) is 12.2 Å². The molecule has 0 aromatic carbocycles. The van der Waals surface area contributed by atoms with Crippen molar-refractivity contribution >= 4 is 5.91 Å². The van der Waals surface area contributed by atoms with Gasteiger partial charge in [-0.05, 0) is 19.8 Å². The van der Waals surface area contributed by atoms with Gasteiger partial charge in [0.25, 0.3) is 0 Å². The fourth-order valence-corrected chi connectivity index (χ4v) is 0.961. The first-order chi connectivity index (χ1) is 6.81. The number of allylic oxidation sites excluding steroid dienone is 1. The molecule has 0 aliphatic heterocycles. The van der Waals surface area contributed by atoms with Gasteiger partial charge < -0.3 is 10.1 Å². The Kier molecular flexibility index (Phi) is 9.64. The van der Waals surface area contributed by atoms with Crippen molar-refractivity contribution in [3.05, 3.63) is 12.2 Å². The van der Waals surface area contributed by atoms with Crippen LogP contribution >= 0.6 is 0 Å². The number of carbonyl (C=O) groups is 1. The number of hydrogen-bond donors (Lipinski definition) is 1. The Labute approximate surface area is 86.5 Å². The van der Waals surface area contributed by atoms with Crippen LogP contribution in [0.5, 0.6) is 0 Å². The molecular weight excluding hydrogens is 178 g/mol. The molecule has 0 aliphatic rings. The highest BCUT2D eigenvalue weighted by atomic mass is 16.5. The van der Waals surface area contributed by atoms with E-state index in [1.807, 2.05) is 19.1 Å².